The molecule has 3 heteroatoms. The molecule has 0 fully saturated rings. The van der Waals surface area contributed by atoms with Crippen LogP contribution in [0.15, 0.2) is 23.2 Å². The molecule has 11 heavy (non-hydrogen) atoms. The Morgan fingerprint density at radius 1 is 1.55 bits per heavy atom. The quantitative estimate of drug-likeness (QED) is 0.548. The molecular formula is C8H13BO2. The molecule has 1 unspecified atom stereocenters. The summed E-state index contributed by atoms with van der Waals surface area (Å²) in [4.78, 5) is 0. The van der Waals surface area contributed by atoms with Gasteiger partial charge in [-0.3, -0.25) is 0 Å². The van der Waals surface area contributed by atoms with E-state index in [4.69, 9.17) is 10.0 Å². The van der Waals surface area contributed by atoms with Gasteiger partial charge in [-0.15, -0.1) is 0 Å². The summed E-state index contributed by atoms with van der Waals surface area (Å²) in [6.45, 7) is 4.04. The van der Waals surface area contributed by atoms with Gasteiger partial charge in [0.1, 0.15) is 0 Å². The monoisotopic (exact) mass is 152 g/mol. The highest BCUT2D eigenvalue weighted by molar-refractivity contribution is 6.50. The van der Waals surface area contributed by atoms with Gasteiger partial charge in [0, 0.05) is 0 Å². The Morgan fingerprint density at radius 3 is 2.64 bits per heavy atom. The maximum Gasteiger partial charge on any atom is 0.484 e. The zero-order valence-corrected chi connectivity index (χ0v) is 6.91. The number of hydrogen-bond acceptors (Lipinski definition) is 2. The van der Waals surface area contributed by atoms with E-state index in [0.29, 0.717) is 5.92 Å². The highest BCUT2D eigenvalue weighted by Crippen LogP contribution is 2.22. The van der Waals surface area contributed by atoms with E-state index in [0.717, 1.165) is 17.5 Å². The first-order chi connectivity index (χ1) is 5.09. The van der Waals surface area contributed by atoms with E-state index in [-0.39, 0.29) is 0 Å². The third-order valence-electron chi connectivity index (χ3n) is 1.85. The molecule has 2 N–H and O–H groups in total. The number of hydrogen-bond donors (Lipinski definition) is 2. The molecule has 1 atom stereocenters. The molecule has 2 nitrogen and oxygen atoms in total. The summed E-state index contributed by atoms with van der Waals surface area (Å²) >= 11 is 0. The van der Waals surface area contributed by atoms with Crippen LogP contribution >= 0.6 is 0 Å². The molecule has 1 aliphatic carbocycles. The van der Waals surface area contributed by atoms with Crippen molar-refractivity contribution in [2.75, 3.05) is 0 Å². The lowest BCUT2D eigenvalue weighted by molar-refractivity contribution is 0.413. The standard InChI is InChI=1S/C8H13BO2/c1-6-3-7(2)5-8(4-6)9(10)11/h3-4,7,10-11H,5H2,1-2H3. The van der Waals surface area contributed by atoms with Gasteiger partial charge in [0.2, 0.25) is 0 Å². The summed E-state index contributed by atoms with van der Waals surface area (Å²) in [5.41, 5.74) is 1.84. The first kappa shape index (κ1) is 8.56. The molecule has 0 saturated carbocycles. The van der Waals surface area contributed by atoms with Crippen LogP contribution in [0.25, 0.3) is 0 Å². The van der Waals surface area contributed by atoms with Gasteiger partial charge in [-0.25, -0.2) is 0 Å². The van der Waals surface area contributed by atoms with Gasteiger partial charge < -0.3 is 10.0 Å². The molecule has 1 aliphatic rings. The minimum Gasteiger partial charge on any atom is -0.423 e. The Labute approximate surface area is 67.4 Å². The first-order valence-electron chi connectivity index (χ1n) is 3.84. The predicted molar refractivity (Wildman–Crippen MR) is 45.8 cm³/mol. The zero-order valence-electron chi connectivity index (χ0n) is 6.91. The molecule has 0 heterocycles. The van der Waals surface area contributed by atoms with Gasteiger partial charge in [-0.2, -0.15) is 0 Å². The van der Waals surface area contributed by atoms with Crippen LogP contribution < -0.4 is 0 Å². The van der Waals surface area contributed by atoms with E-state index in [1.54, 1.807) is 0 Å². The van der Waals surface area contributed by atoms with Crippen LogP contribution in [0.2, 0.25) is 0 Å². The lowest BCUT2D eigenvalue weighted by Crippen LogP contribution is -2.19. The van der Waals surface area contributed by atoms with Gasteiger partial charge in [-0.1, -0.05) is 24.6 Å². The minimum atomic E-state index is -1.28. The summed E-state index contributed by atoms with van der Waals surface area (Å²) in [5, 5.41) is 17.7. The lowest BCUT2D eigenvalue weighted by atomic mass is 9.71. The largest absolute Gasteiger partial charge is 0.484 e. The smallest absolute Gasteiger partial charge is 0.423 e. The fraction of sp³-hybridized carbons (Fsp3) is 0.500. The number of rotatable bonds is 1. The molecule has 0 spiro atoms. The van der Waals surface area contributed by atoms with Crippen molar-refractivity contribution in [2.24, 2.45) is 5.92 Å². The lowest BCUT2D eigenvalue weighted by Gasteiger charge is -2.16. The van der Waals surface area contributed by atoms with Crippen LogP contribution in [-0.4, -0.2) is 17.2 Å². The predicted octanol–water partition coefficient (Wildman–Crippen LogP) is 0.911. The Kier molecular flexibility index (Phi) is 2.52. The van der Waals surface area contributed by atoms with Crippen LogP contribution in [0, 0.1) is 5.92 Å². The van der Waals surface area contributed by atoms with E-state index < -0.39 is 7.12 Å². The van der Waals surface area contributed by atoms with Crippen molar-refractivity contribution in [1.29, 1.82) is 0 Å². The molecule has 0 saturated heterocycles. The molecule has 60 valence electrons. The average molecular weight is 152 g/mol. The highest BCUT2D eigenvalue weighted by Gasteiger charge is 2.19. The molecule has 0 aliphatic heterocycles. The van der Waals surface area contributed by atoms with Crippen LogP contribution in [0.3, 0.4) is 0 Å². The SMILES string of the molecule is CC1=CC(C)CC(B(O)O)=C1. The molecular weight excluding hydrogens is 139 g/mol. The average Bonchev–Trinajstić information content (AvgIpc) is 1.85. The van der Waals surface area contributed by atoms with Crippen molar-refractivity contribution < 1.29 is 10.0 Å². The van der Waals surface area contributed by atoms with Crippen LogP contribution in [0.1, 0.15) is 20.3 Å². The summed E-state index contributed by atoms with van der Waals surface area (Å²) in [7, 11) is -1.28. The Balaban J connectivity index is 2.76. The third kappa shape index (κ3) is 2.21. The number of allylic oxidation sites excluding steroid dienone is 4. The first-order valence-corrected chi connectivity index (χ1v) is 3.84. The van der Waals surface area contributed by atoms with E-state index >= 15 is 0 Å². The summed E-state index contributed by atoms with van der Waals surface area (Å²) in [6, 6.07) is 0. The van der Waals surface area contributed by atoms with Crippen molar-refractivity contribution in [3.8, 4) is 0 Å². The third-order valence-corrected chi connectivity index (χ3v) is 1.85. The normalized spacial score (nSPS) is 24.2. The summed E-state index contributed by atoms with van der Waals surface area (Å²) in [5.74, 6) is 0.428. The topological polar surface area (TPSA) is 40.5 Å². The van der Waals surface area contributed by atoms with E-state index in [1.807, 2.05) is 13.0 Å². The van der Waals surface area contributed by atoms with Crippen molar-refractivity contribution in [3.63, 3.8) is 0 Å². The second-order valence-electron chi connectivity index (χ2n) is 3.19. The maximum atomic E-state index is 8.87. The van der Waals surface area contributed by atoms with Gasteiger partial charge >= 0.3 is 7.12 Å². The fourth-order valence-corrected chi connectivity index (χ4v) is 1.46. The van der Waals surface area contributed by atoms with Crippen molar-refractivity contribution in [2.45, 2.75) is 20.3 Å². The van der Waals surface area contributed by atoms with Crippen LogP contribution in [0.5, 0.6) is 0 Å². The van der Waals surface area contributed by atoms with Crippen LogP contribution in [-0.2, 0) is 0 Å². The van der Waals surface area contributed by atoms with Gasteiger partial charge in [0.25, 0.3) is 0 Å². The van der Waals surface area contributed by atoms with Crippen LogP contribution in [0.4, 0.5) is 0 Å². The summed E-state index contributed by atoms with van der Waals surface area (Å²) < 4.78 is 0. The Bertz CT molecular complexity index is 206. The molecule has 0 aromatic heterocycles. The summed E-state index contributed by atoms with van der Waals surface area (Å²) in [6.07, 6.45) is 4.73. The second-order valence-corrected chi connectivity index (χ2v) is 3.19. The minimum absolute atomic E-state index is 0.428. The molecule has 0 radical (unpaired) electrons. The van der Waals surface area contributed by atoms with E-state index in [9.17, 15) is 0 Å². The zero-order chi connectivity index (χ0) is 8.43. The Hall–Kier alpha value is -0.535. The fourth-order valence-electron chi connectivity index (χ4n) is 1.46. The van der Waals surface area contributed by atoms with Crippen molar-refractivity contribution >= 4 is 7.12 Å². The maximum absolute atomic E-state index is 8.87. The molecule has 0 bridgehead atoms. The van der Waals surface area contributed by atoms with Gasteiger partial charge in [0.15, 0.2) is 0 Å². The molecule has 0 aromatic rings. The van der Waals surface area contributed by atoms with Gasteiger partial charge in [0.05, 0.1) is 0 Å². The molecule has 0 amide bonds. The van der Waals surface area contributed by atoms with E-state index in [2.05, 4.69) is 13.0 Å². The Morgan fingerprint density at radius 2 is 2.18 bits per heavy atom. The van der Waals surface area contributed by atoms with E-state index in [1.165, 1.54) is 0 Å². The van der Waals surface area contributed by atoms with Gasteiger partial charge in [-0.05, 0) is 24.7 Å². The van der Waals surface area contributed by atoms with Crippen molar-refractivity contribution in [1.82, 2.24) is 0 Å². The second kappa shape index (κ2) is 3.24. The molecule has 1 rings (SSSR count). The highest BCUT2D eigenvalue weighted by atomic mass is 16.4. The van der Waals surface area contributed by atoms with Crippen molar-refractivity contribution in [3.05, 3.63) is 23.2 Å². The molecule has 0 aromatic carbocycles.